The van der Waals surface area contributed by atoms with Crippen LogP contribution in [0.5, 0.6) is 0 Å². The smallest absolute Gasteiger partial charge is 0.251 e. The Hall–Kier alpha value is -1.20. The van der Waals surface area contributed by atoms with E-state index in [0.29, 0.717) is 24.9 Å². The van der Waals surface area contributed by atoms with Gasteiger partial charge in [0.2, 0.25) is 0 Å². The monoisotopic (exact) mass is 293 g/mol. The number of H-pyrrole nitrogens is 1. The molecule has 0 aromatic carbocycles. The van der Waals surface area contributed by atoms with Gasteiger partial charge >= 0.3 is 0 Å². The van der Waals surface area contributed by atoms with Crippen molar-refractivity contribution in [2.24, 2.45) is 5.92 Å². The first kappa shape index (κ1) is 16.2. The minimum atomic E-state index is -0.0894. The summed E-state index contributed by atoms with van der Waals surface area (Å²) in [7, 11) is 0. The van der Waals surface area contributed by atoms with Crippen molar-refractivity contribution in [3.63, 3.8) is 0 Å². The Morgan fingerprint density at radius 2 is 2.14 bits per heavy atom. The highest BCUT2D eigenvalue weighted by Gasteiger charge is 2.27. The van der Waals surface area contributed by atoms with Crippen molar-refractivity contribution in [2.45, 2.75) is 58.6 Å². The van der Waals surface area contributed by atoms with E-state index in [0.717, 1.165) is 25.1 Å². The highest BCUT2D eigenvalue weighted by Crippen LogP contribution is 2.35. The Balaban J connectivity index is 2.21. The number of aromatic nitrogens is 2. The summed E-state index contributed by atoms with van der Waals surface area (Å²) >= 11 is 0. The van der Waals surface area contributed by atoms with Gasteiger partial charge in [-0.25, -0.2) is 4.98 Å². The van der Waals surface area contributed by atoms with Crippen LogP contribution in [0.3, 0.4) is 0 Å². The highest BCUT2D eigenvalue weighted by molar-refractivity contribution is 5.05. The van der Waals surface area contributed by atoms with E-state index in [1.165, 1.54) is 19.3 Å². The van der Waals surface area contributed by atoms with E-state index in [9.17, 15) is 4.79 Å². The van der Waals surface area contributed by atoms with Crippen molar-refractivity contribution in [1.82, 2.24) is 15.3 Å². The molecule has 5 nitrogen and oxygen atoms in total. The lowest BCUT2D eigenvalue weighted by atomic mass is 9.85. The van der Waals surface area contributed by atoms with Crippen LogP contribution in [0.2, 0.25) is 0 Å². The number of rotatable bonds is 7. The van der Waals surface area contributed by atoms with Crippen molar-refractivity contribution < 1.29 is 4.74 Å². The van der Waals surface area contributed by atoms with Crippen LogP contribution in [-0.2, 0) is 11.3 Å². The van der Waals surface area contributed by atoms with E-state index in [-0.39, 0.29) is 11.7 Å². The van der Waals surface area contributed by atoms with Crippen LogP contribution < -0.4 is 10.9 Å². The third-order valence-electron chi connectivity index (χ3n) is 4.06. The average molecular weight is 293 g/mol. The summed E-state index contributed by atoms with van der Waals surface area (Å²) in [5.74, 6) is 1.17. The van der Waals surface area contributed by atoms with Crippen LogP contribution in [0.15, 0.2) is 10.9 Å². The molecule has 1 unspecified atom stereocenters. The number of nitrogens with one attached hydrogen (secondary N) is 2. The van der Waals surface area contributed by atoms with Gasteiger partial charge in [-0.15, -0.1) is 0 Å². The van der Waals surface area contributed by atoms with E-state index in [4.69, 9.17) is 4.74 Å². The van der Waals surface area contributed by atoms with Crippen molar-refractivity contribution in [2.75, 3.05) is 13.2 Å². The van der Waals surface area contributed by atoms with Gasteiger partial charge in [0.1, 0.15) is 11.9 Å². The van der Waals surface area contributed by atoms with Gasteiger partial charge in [-0.1, -0.05) is 26.2 Å². The molecule has 1 aromatic rings. The maximum Gasteiger partial charge on any atom is 0.251 e. The molecule has 5 heteroatoms. The van der Waals surface area contributed by atoms with Crippen LogP contribution in [0.25, 0.3) is 0 Å². The average Bonchev–Trinajstić information content (AvgIpc) is 2.51. The van der Waals surface area contributed by atoms with Gasteiger partial charge in [-0.3, -0.25) is 4.79 Å². The maximum absolute atomic E-state index is 11.9. The first-order valence-electron chi connectivity index (χ1n) is 8.17. The van der Waals surface area contributed by atoms with Crippen molar-refractivity contribution in [3.8, 4) is 0 Å². The summed E-state index contributed by atoms with van der Waals surface area (Å²) in [6.07, 6.45) is 6.03. The summed E-state index contributed by atoms with van der Waals surface area (Å²) in [6, 6.07) is 1.57. The van der Waals surface area contributed by atoms with Gasteiger partial charge < -0.3 is 15.0 Å². The molecule has 1 fully saturated rings. The second-order valence-electron chi connectivity index (χ2n) is 5.68. The van der Waals surface area contributed by atoms with Gasteiger partial charge in [0.15, 0.2) is 0 Å². The largest absolute Gasteiger partial charge is 0.370 e. The van der Waals surface area contributed by atoms with Crippen LogP contribution in [0, 0.1) is 5.92 Å². The van der Waals surface area contributed by atoms with E-state index < -0.39 is 0 Å². The first-order valence-corrected chi connectivity index (χ1v) is 8.17. The van der Waals surface area contributed by atoms with E-state index in [2.05, 4.69) is 15.3 Å². The molecule has 21 heavy (non-hydrogen) atoms. The third-order valence-corrected chi connectivity index (χ3v) is 4.06. The standard InChI is InChI=1S/C16H27N3O2/c1-3-17-11-13-10-14(20)19-16(18-13)15(21-4-2)12-8-6-5-7-9-12/h10,12,15,17H,3-9,11H2,1-2H3,(H,18,19,20). The number of hydrogen-bond acceptors (Lipinski definition) is 4. The number of aromatic amines is 1. The Bertz CT molecular complexity index is 481. The van der Waals surface area contributed by atoms with E-state index in [1.807, 2.05) is 13.8 Å². The van der Waals surface area contributed by atoms with Gasteiger partial charge in [0, 0.05) is 19.2 Å². The molecule has 0 radical (unpaired) electrons. The zero-order valence-electron chi connectivity index (χ0n) is 13.2. The van der Waals surface area contributed by atoms with Crippen LogP contribution >= 0.6 is 0 Å². The topological polar surface area (TPSA) is 67.0 Å². The molecule has 1 aliphatic carbocycles. The molecule has 1 saturated carbocycles. The van der Waals surface area contributed by atoms with Gasteiger partial charge in [0.25, 0.3) is 5.56 Å². The fourth-order valence-corrected chi connectivity index (χ4v) is 3.06. The Kier molecular flexibility index (Phi) is 6.39. The molecule has 0 saturated heterocycles. The molecule has 1 aromatic heterocycles. The Labute approximate surface area is 126 Å². The predicted octanol–water partition coefficient (Wildman–Crippen LogP) is 2.54. The van der Waals surface area contributed by atoms with Gasteiger partial charge in [0.05, 0.1) is 5.69 Å². The second kappa shape index (κ2) is 8.29. The maximum atomic E-state index is 11.9. The van der Waals surface area contributed by atoms with Gasteiger partial charge in [-0.2, -0.15) is 0 Å². The zero-order valence-corrected chi connectivity index (χ0v) is 13.2. The normalized spacial score (nSPS) is 17.8. The fraction of sp³-hybridized carbons (Fsp3) is 0.750. The number of nitrogens with zero attached hydrogens (tertiary/aromatic N) is 1. The minimum absolute atomic E-state index is 0.0791. The van der Waals surface area contributed by atoms with E-state index >= 15 is 0 Å². The minimum Gasteiger partial charge on any atom is -0.370 e. The van der Waals surface area contributed by atoms with Crippen molar-refractivity contribution >= 4 is 0 Å². The molecule has 1 atom stereocenters. The summed E-state index contributed by atoms with van der Waals surface area (Å²) in [5.41, 5.74) is 0.699. The zero-order chi connectivity index (χ0) is 15.1. The quantitative estimate of drug-likeness (QED) is 0.810. The fourth-order valence-electron chi connectivity index (χ4n) is 3.06. The molecule has 1 heterocycles. The van der Waals surface area contributed by atoms with E-state index in [1.54, 1.807) is 6.07 Å². The molecular weight excluding hydrogens is 266 g/mol. The lowest BCUT2D eigenvalue weighted by molar-refractivity contribution is -0.000487. The molecule has 0 spiro atoms. The lowest BCUT2D eigenvalue weighted by Crippen LogP contribution is -2.25. The molecule has 2 rings (SSSR count). The summed E-state index contributed by atoms with van der Waals surface area (Å²) in [5, 5.41) is 3.21. The molecule has 2 N–H and O–H groups in total. The Morgan fingerprint density at radius 1 is 1.38 bits per heavy atom. The second-order valence-corrected chi connectivity index (χ2v) is 5.68. The predicted molar refractivity (Wildman–Crippen MR) is 83.2 cm³/mol. The van der Waals surface area contributed by atoms with Crippen molar-refractivity contribution in [3.05, 3.63) is 27.9 Å². The highest BCUT2D eigenvalue weighted by atomic mass is 16.5. The molecule has 0 aliphatic heterocycles. The summed E-state index contributed by atoms with van der Waals surface area (Å²) < 4.78 is 5.93. The SMILES string of the molecule is CCNCc1cc(=O)[nH]c(C(OCC)C2CCCCC2)n1. The molecular formula is C16H27N3O2. The number of ether oxygens (including phenoxy) is 1. The van der Waals surface area contributed by atoms with Crippen molar-refractivity contribution in [1.29, 1.82) is 0 Å². The molecule has 0 bridgehead atoms. The Morgan fingerprint density at radius 3 is 2.81 bits per heavy atom. The third kappa shape index (κ3) is 4.64. The van der Waals surface area contributed by atoms with Gasteiger partial charge in [-0.05, 0) is 32.2 Å². The summed E-state index contributed by atoms with van der Waals surface area (Å²) in [6.45, 7) is 6.16. The van der Waals surface area contributed by atoms with Crippen LogP contribution in [-0.4, -0.2) is 23.1 Å². The van der Waals surface area contributed by atoms with Crippen LogP contribution in [0.4, 0.5) is 0 Å². The van der Waals surface area contributed by atoms with Crippen LogP contribution in [0.1, 0.15) is 63.6 Å². The molecule has 0 amide bonds. The summed E-state index contributed by atoms with van der Waals surface area (Å²) in [4.78, 5) is 19.4. The molecule has 118 valence electrons. The molecule has 1 aliphatic rings. The number of hydrogen-bond donors (Lipinski definition) is 2. The lowest BCUT2D eigenvalue weighted by Gasteiger charge is -2.29. The first-order chi connectivity index (χ1) is 10.2.